The van der Waals surface area contributed by atoms with Gasteiger partial charge in [0.15, 0.2) is 0 Å². The van der Waals surface area contributed by atoms with Gasteiger partial charge in [0.25, 0.3) is 5.91 Å². The molecule has 0 saturated carbocycles. The molecule has 21 heavy (non-hydrogen) atoms. The molecule has 0 aliphatic rings. The maximum absolute atomic E-state index is 13.6. The predicted molar refractivity (Wildman–Crippen MR) is 85.9 cm³/mol. The standard InChI is InChI=1S/C17H17BrFNO/c1-10-7-8-13(9-15(10)19)12(3)20-17(21)14-6-4-5-11(2)16(14)18/h4-9,12H,1-3H3,(H,20,21). The molecule has 2 aromatic rings. The number of amides is 1. The zero-order chi connectivity index (χ0) is 15.6. The van der Waals surface area contributed by atoms with Gasteiger partial charge in [-0.25, -0.2) is 4.39 Å². The zero-order valence-electron chi connectivity index (χ0n) is 12.2. The van der Waals surface area contributed by atoms with Gasteiger partial charge in [0.1, 0.15) is 5.82 Å². The molecule has 1 amide bonds. The minimum atomic E-state index is -0.264. The molecule has 0 aromatic heterocycles. The number of hydrogen-bond acceptors (Lipinski definition) is 1. The summed E-state index contributed by atoms with van der Waals surface area (Å²) in [6.07, 6.45) is 0. The largest absolute Gasteiger partial charge is 0.345 e. The predicted octanol–water partition coefficient (Wildman–Crippen LogP) is 4.70. The van der Waals surface area contributed by atoms with Gasteiger partial charge in [-0.05, 0) is 65.5 Å². The molecule has 0 fully saturated rings. The van der Waals surface area contributed by atoms with Crippen LogP contribution in [0.15, 0.2) is 40.9 Å². The quantitative estimate of drug-likeness (QED) is 0.855. The Kier molecular flexibility index (Phi) is 4.78. The van der Waals surface area contributed by atoms with E-state index in [0.717, 1.165) is 15.6 Å². The summed E-state index contributed by atoms with van der Waals surface area (Å²) in [4.78, 5) is 12.3. The third-order valence-electron chi connectivity index (χ3n) is 3.48. The van der Waals surface area contributed by atoms with Gasteiger partial charge in [-0.3, -0.25) is 4.79 Å². The first-order chi connectivity index (χ1) is 9.90. The second kappa shape index (κ2) is 6.39. The van der Waals surface area contributed by atoms with E-state index in [0.29, 0.717) is 11.1 Å². The van der Waals surface area contributed by atoms with E-state index in [1.165, 1.54) is 6.07 Å². The fourth-order valence-electron chi connectivity index (χ4n) is 2.06. The minimum Gasteiger partial charge on any atom is -0.345 e. The lowest BCUT2D eigenvalue weighted by Gasteiger charge is -2.16. The summed E-state index contributed by atoms with van der Waals surface area (Å²) in [6.45, 7) is 5.48. The van der Waals surface area contributed by atoms with Crippen molar-refractivity contribution < 1.29 is 9.18 Å². The van der Waals surface area contributed by atoms with Gasteiger partial charge < -0.3 is 5.32 Å². The number of carbonyl (C=O) groups excluding carboxylic acids is 1. The van der Waals surface area contributed by atoms with Gasteiger partial charge in [0.2, 0.25) is 0 Å². The first-order valence-electron chi connectivity index (χ1n) is 6.72. The molecule has 4 heteroatoms. The Morgan fingerprint density at radius 2 is 1.90 bits per heavy atom. The van der Waals surface area contributed by atoms with Gasteiger partial charge >= 0.3 is 0 Å². The highest BCUT2D eigenvalue weighted by Gasteiger charge is 2.15. The van der Waals surface area contributed by atoms with Crippen LogP contribution in [0.2, 0.25) is 0 Å². The van der Waals surface area contributed by atoms with E-state index in [4.69, 9.17) is 0 Å². The summed E-state index contributed by atoms with van der Waals surface area (Å²) in [6, 6.07) is 10.3. The molecular formula is C17H17BrFNO. The number of rotatable bonds is 3. The Hall–Kier alpha value is -1.68. The van der Waals surface area contributed by atoms with E-state index in [2.05, 4.69) is 21.2 Å². The lowest BCUT2D eigenvalue weighted by Crippen LogP contribution is -2.27. The van der Waals surface area contributed by atoms with Crippen LogP contribution in [0.1, 0.15) is 40.0 Å². The average molecular weight is 350 g/mol. The van der Waals surface area contributed by atoms with E-state index in [-0.39, 0.29) is 17.8 Å². The highest BCUT2D eigenvalue weighted by atomic mass is 79.9. The molecule has 0 aliphatic heterocycles. The average Bonchev–Trinajstić information content (AvgIpc) is 2.44. The first kappa shape index (κ1) is 15.7. The van der Waals surface area contributed by atoms with Gasteiger partial charge in [0, 0.05) is 4.47 Å². The van der Waals surface area contributed by atoms with Crippen LogP contribution in [0.3, 0.4) is 0 Å². The molecule has 2 nitrogen and oxygen atoms in total. The van der Waals surface area contributed by atoms with E-state index in [9.17, 15) is 9.18 Å². The van der Waals surface area contributed by atoms with Crippen LogP contribution >= 0.6 is 15.9 Å². The Morgan fingerprint density at radius 1 is 1.19 bits per heavy atom. The van der Waals surface area contributed by atoms with Crippen molar-refractivity contribution in [1.82, 2.24) is 5.32 Å². The molecule has 1 unspecified atom stereocenters. The summed E-state index contributed by atoms with van der Waals surface area (Å²) < 4.78 is 14.4. The van der Waals surface area contributed by atoms with Crippen molar-refractivity contribution in [2.24, 2.45) is 0 Å². The van der Waals surface area contributed by atoms with Gasteiger partial charge in [-0.1, -0.05) is 24.3 Å². The molecule has 0 saturated heterocycles. The van der Waals surface area contributed by atoms with Crippen LogP contribution in [0.4, 0.5) is 4.39 Å². The van der Waals surface area contributed by atoms with E-state index < -0.39 is 0 Å². The highest BCUT2D eigenvalue weighted by Crippen LogP contribution is 2.22. The number of aryl methyl sites for hydroxylation is 2. The fraction of sp³-hybridized carbons (Fsp3) is 0.235. The lowest BCUT2D eigenvalue weighted by atomic mass is 10.1. The van der Waals surface area contributed by atoms with Crippen molar-refractivity contribution in [1.29, 1.82) is 0 Å². The van der Waals surface area contributed by atoms with Crippen molar-refractivity contribution >= 4 is 21.8 Å². The van der Waals surface area contributed by atoms with Crippen LogP contribution in [-0.2, 0) is 0 Å². The van der Waals surface area contributed by atoms with Crippen LogP contribution in [0, 0.1) is 19.7 Å². The van der Waals surface area contributed by atoms with E-state index in [1.54, 1.807) is 19.1 Å². The molecule has 0 radical (unpaired) electrons. The van der Waals surface area contributed by atoms with E-state index >= 15 is 0 Å². The van der Waals surface area contributed by atoms with Crippen LogP contribution in [0.25, 0.3) is 0 Å². The topological polar surface area (TPSA) is 29.1 Å². The highest BCUT2D eigenvalue weighted by molar-refractivity contribution is 9.10. The van der Waals surface area contributed by atoms with Gasteiger partial charge in [0.05, 0.1) is 11.6 Å². The maximum atomic E-state index is 13.6. The molecule has 1 atom stereocenters. The van der Waals surface area contributed by atoms with Gasteiger partial charge in [-0.15, -0.1) is 0 Å². The molecule has 1 N–H and O–H groups in total. The second-order valence-corrected chi connectivity index (χ2v) is 5.93. The molecule has 2 aromatic carbocycles. The van der Waals surface area contributed by atoms with E-state index in [1.807, 2.05) is 32.0 Å². The third kappa shape index (κ3) is 3.50. The van der Waals surface area contributed by atoms with Crippen molar-refractivity contribution in [3.8, 4) is 0 Å². The SMILES string of the molecule is Cc1ccc(C(C)NC(=O)c2cccc(C)c2Br)cc1F. The van der Waals surface area contributed by atoms with Gasteiger partial charge in [-0.2, -0.15) is 0 Å². The minimum absolute atomic E-state index is 0.181. The monoisotopic (exact) mass is 349 g/mol. The first-order valence-corrected chi connectivity index (χ1v) is 7.51. The van der Waals surface area contributed by atoms with Crippen molar-refractivity contribution in [2.75, 3.05) is 0 Å². The molecule has 0 spiro atoms. The van der Waals surface area contributed by atoms with Crippen LogP contribution in [-0.4, -0.2) is 5.91 Å². The Bertz CT molecular complexity index is 684. The summed E-state index contributed by atoms with van der Waals surface area (Å²) >= 11 is 3.43. The fourth-order valence-corrected chi connectivity index (χ4v) is 2.50. The third-order valence-corrected chi connectivity index (χ3v) is 4.53. The smallest absolute Gasteiger partial charge is 0.252 e. The number of hydrogen-bond donors (Lipinski definition) is 1. The van der Waals surface area contributed by atoms with Crippen molar-refractivity contribution in [3.05, 3.63) is 68.9 Å². The van der Waals surface area contributed by atoms with Crippen molar-refractivity contribution in [3.63, 3.8) is 0 Å². The molecular weight excluding hydrogens is 333 g/mol. The molecule has 0 aliphatic carbocycles. The van der Waals surface area contributed by atoms with Crippen molar-refractivity contribution in [2.45, 2.75) is 26.8 Å². The zero-order valence-corrected chi connectivity index (χ0v) is 13.8. The normalized spacial score (nSPS) is 12.0. The molecule has 2 rings (SSSR count). The van der Waals surface area contributed by atoms with Crippen LogP contribution < -0.4 is 5.32 Å². The Morgan fingerprint density at radius 3 is 2.57 bits per heavy atom. The number of halogens is 2. The summed E-state index contributed by atoms with van der Waals surface area (Å²) in [5.41, 5.74) is 2.92. The number of carbonyl (C=O) groups is 1. The molecule has 110 valence electrons. The summed E-state index contributed by atoms with van der Waals surface area (Å²) in [5, 5.41) is 2.89. The maximum Gasteiger partial charge on any atom is 0.252 e. The summed E-state index contributed by atoms with van der Waals surface area (Å²) in [7, 11) is 0. The number of benzene rings is 2. The molecule has 0 heterocycles. The Balaban J connectivity index is 2.18. The molecule has 0 bridgehead atoms. The Labute approximate surface area is 132 Å². The lowest BCUT2D eigenvalue weighted by molar-refractivity contribution is 0.0939. The van der Waals surface area contributed by atoms with Crippen LogP contribution in [0.5, 0.6) is 0 Å². The second-order valence-electron chi connectivity index (χ2n) is 5.14. The summed E-state index contributed by atoms with van der Waals surface area (Å²) in [5.74, 6) is -0.440. The number of nitrogens with one attached hydrogen (secondary N) is 1.